The third-order valence-electron chi connectivity index (χ3n) is 3.90. The Morgan fingerprint density at radius 2 is 1.86 bits per heavy atom. The first-order chi connectivity index (χ1) is 13.3. The van der Waals surface area contributed by atoms with Gasteiger partial charge in [-0.3, -0.25) is 0 Å². The molecule has 0 N–H and O–H groups in total. The Kier molecular flexibility index (Phi) is 5.55. The third-order valence-corrected chi connectivity index (χ3v) is 5.13. The summed E-state index contributed by atoms with van der Waals surface area (Å²) in [6.07, 6.45) is 1.18. The topological polar surface area (TPSA) is 88.3 Å². The molecule has 9 heteroatoms. The van der Waals surface area contributed by atoms with Crippen LogP contribution in [0.5, 0.6) is 11.5 Å². The van der Waals surface area contributed by atoms with Crippen molar-refractivity contribution in [2.45, 2.75) is 4.90 Å². The Morgan fingerprint density at radius 1 is 1.18 bits per heavy atom. The molecule has 0 aromatic heterocycles. The van der Waals surface area contributed by atoms with Crippen LogP contribution in [0.1, 0.15) is 10.4 Å². The Hall–Kier alpha value is -3.07. The van der Waals surface area contributed by atoms with E-state index in [0.29, 0.717) is 11.4 Å². The van der Waals surface area contributed by atoms with E-state index in [9.17, 15) is 13.2 Å². The molecule has 1 aliphatic heterocycles. The van der Waals surface area contributed by atoms with E-state index in [1.54, 1.807) is 44.4 Å². The first kappa shape index (κ1) is 19.7. The fourth-order valence-corrected chi connectivity index (χ4v) is 3.55. The number of nitrogens with zero attached hydrogens (tertiary/aromatic N) is 3. The third kappa shape index (κ3) is 4.42. The van der Waals surface area contributed by atoms with Crippen LogP contribution in [0, 0.1) is 0 Å². The van der Waals surface area contributed by atoms with E-state index in [2.05, 4.69) is 4.40 Å². The van der Waals surface area contributed by atoms with E-state index in [4.69, 9.17) is 9.47 Å². The fraction of sp³-hybridized carbons (Fsp3) is 0.263. The van der Waals surface area contributed by atoms with Gasteiger partial charge in [0.1, 0.15) is 17.0 Å². The van der Waals surface area contributed by atoms with Crippen molar-refractivity contribution in [2.75, 3.05) is 39.2 Å². The van der Waals surface area contributed by atoms with Crippen LogP contribution in [0.2, 0.25) is 0 Å². The highest BCUT2D eigenvalue weighted by Crippen LogP contribution is 2.42. The lowest BCUT2D eigenvalue weighted by molar-refractivity contribution is 0.0600. The Balaban J connectivity index is 2.20. The zero-order valence-electron chi connectivity index (χ0n) is 15.8. The number of sulfonamides is 1. The molecular weight excluding hydrogens is 382 g/mol. The molecule has 2 aromatic rings. The smallest absolute Gasteiger partial charge is 0.337 e. The van der Waals surface area contributed by atoms with Crippen LogP contribution in [0.15, 0.2) is 51.8 Å². The molecule has 3 rings (SSSR count). The average molecular weight is 403 g/mol. The molecule has 0 saturated carbocycles. The molecular formula is C19H21N3O5S. The summed E-state index contributed by atoms with van der Waals surface area (Å²) in [4.78, 5) is 15.3. The number of hydrogen-bond acceptors (Lipinski definition) is 6. The summed E-state index contributed by atoms with van der Waals surface area (Å²) in [7, 11) is 0.431. The van der Waals surface area contributed by atoms with Crippen LogP contribution >= 0.6 is 0 Å². The summed E-state index contributed by atoms with van der Waals surface area (Å²) in [6, 6.07) is 11.7. The monoisotopic (exact) mass is 403 g/mol. The molecule has 0 atom stereocenters. The minimum Gasteiger partial charge on any atom is -0.465 e. The number of hydrogen-bond donors (Lipinski definition) is 0. The zero-order valence-corrected chi connectivity index (χ0v) is 16.6. The maximum atomic E-state index is 12.9. The van der Waals surface area contributed by atoms with Gasteiger partial charge in [-0.15, -0.1) is 4.40 Å². The SMILES string of the molecule is COC(=O)c1cc(N2CC2)c(Oc2ccccc2)c(S(=O)(=O)N=CN(C)C)c1. The molecule has 0 amide bonds. The van der Waals surface area contributed by atoms with Gasteiger partial charge in [0, 0.05) is 27.2 Å². The molecule has 1 heterocycles. The van der Waals surface area contributed by atoms with Crippen molar-refractivity contribution < 1.29 is 22.7 Å². The van der Waals surface area contributed by atoms with Crippen molar-refractivity contribution in [1.29, 1.82) is 0 Å². The van der Waals surface area contributed by atoms with Crippen molar-refractivity contribution in [3.05, 3.63) is 48.0 Å². The van der Waals surface area contributed by atoms with Gasteiger partial charge in [0.15, 0.2) is 5.75 Å². The molecule has 0 bridgehead atoms. The summed E-state index contributed by atoms with van der Waals surface area (Å²) >= 11 is 0. The Morgan fingerprint density at radius 3 is 2.43 bits per heavy atom. The number of esters is 1. The molecule has 0 aliphatic carbocycles. The van der Waals surface area contributed by atoms with Crippen LogP contribution in [0.4, 0.5) is 5.69 Å². The Labute approximate surface area is 164 Å². The molecule has 2 aromatic carbocycles. The van der Waals surface area contributed by atoms with Crippen molar-refractivity contribution in [3.8, 4) is 11.5 Å². The van der Waals surface area contributed by atoms with E-state index in [1.165, 1.54) is 24.4 Å². The predicted octanol–water partition coefficient (Wildman–Crippen LogP) is 2.36. The molecule has 8 nitrogen and oxygen atoms in total. The minimum atomic E-state index is -4.13. The number of carbonyl (C=O) groups excluding carboxylic acids is 1. The second kappa shape index (κ2) is 7.89. The number of methoxy groups -OCH3 is 1. The zero-order chi connectivity index (χ0) is 20.3. The maximum Gasteiger partial charge on any atom is 0.337 e. The molecule has 1 aliphatic rings. The molecule has 0 spiro atoms. The van der Waals surface area contributed by atoms with E-state index >= 15 is 0 Å². The van der Waals surface area contributed by atoms with Gasteiger partial charge < -0.3 is 19.3 Å². The van der Waals surface area contributed by atoms with Crippen molar-refractivity contribution in [1.82, 2.24) is 4.90 Å². The molecule has 148 valence electrons. The second-order valence-corrected chi connectivity index (χ2v) is 7.98. The summed E-state index contributed by atoms with van der Waals surface area (Å²) in [5.74, 6) is -0.0286. The largest absolute Gasteiger partial charge is 0.465 e. The first-order valence-electron chi connectivity index (χ1n) is 8.53. The van der Waals surface area contributed by atoms with Crippen molar-refractivity contribution in [2.24, 2.45) is 4.40 Å². The highest BCUT2D eigenvalue weighted by Gasteiger charge is 2.31. The van der Waals surface area contributed by atoms with Crippen molar-refractivity contribution in [3.63, 3.8) is 0 Å². The van der Waals surface area contributed by atoms with Crippen LogP contribution in [0.25, 0.3) is 0 Å². The standard InChI is InChI=1S/C19H21N3O5S/c1-21(2)13-20-28(24,25)17-12-14(19(23)26-3)11-16(22-9-10-22)18(17)27-15-7-5-4-6-8-15/h4-8,11-13H,9-10H2,1-3H3. The van der Waals surface area contributed by atoms with Gasteiger partial charge in [0.25, 0.3) is 10.0 Å². The van der Waals surface area contributed by atoms with Gasteiger partial charge in [0.05, 0.1) is 18.4 Å². The van der Waals surface area contributed by atoms with E-state index in [-0.39, 0.29) is 16.2 Å². The lowest BCUT2D eigenvalue weighted by Gasteiger charge is -2.17. The van der Waals surface area contributed by atoms with E-state index < -0.39 is 16.0 Å². The van der Waals surface area contributed by atoms with Crippen LogP contribution in [-0.4, -0.2) is 59.9 Å². The van der Waals surface area contributed by atoms with Gasteiger partial charge >= 0.3 is 5.97 Å². The quantitative estimate of drug-likeness (QED) is 0.303. The number of benzene rings is 2. The first-order valence-corrected chi connectivity index (χ1v) is 9.97. The van der Waals surface area contributed by atoms with Crippen molar-refractivity contribution >= 4 is 28.0 Å². The highest BCUT2D eigenvalue weighted by atomic mass is 32.2. The van der Waals surface area contributed by atoms with E-state index in [1.807, 2.05) is 11.0 Å². The normalized spacial score (nSPS) is 13.5. The maximum absolute atomic E-state index is 12.9. The average Bonchev–Trinajstić information content (AvgIpc) is 3.52. The summed E-state index contributed by atoms with van der Waals surface area (Å²) < 4.78 is 40.3. The second-order valence-electron chi connectivity index (χ2n) is 6.38. The molecule has 0 unspecified atom stereocenters. The number of ether oxygens (including phenoxy) is 2. The molecule has 28 heavy (non-hydrogen) atoms. The lowest BCUT2D eigenvalue weighted by Crippen LogP contribution is -2.12. The van der Waals surface area contributed by atoms with Crippen LogP contribution in [-0.2, 0) is 14.8 Å². The van der Waals surface area contributed by atoms with Gasteiger partial charge in [0.2, 0.25) is 0 Å². The minimum absolute atomic E-state index is 0.114. The number of rotatable bonds is 7. The Bertz CT molecular complexity index is 1000. The fourth-order valence-electron chi connectivity index (χ4n) is 2.46. The highest BCUT2D eigenvalue weighted by molar-refractivity contribution is 7.90. The summed E-state index contributed by atoms with van der Waals surface area (Å²) in [5.41, 5.74) is 0.619. The predicted molar refractivity (Wildman–Crippen MR) is 106 cm³/mol. The lowest BCUT2D eigenvalue weighted by atomic mass is 10.2. The van der Waals surface area contributed by atoms with Gasteiger partial charge in [-0.2, -0.15) is 8.42 Å². The van der Waals surface area contributed by atoms with Gasteiger partial charge in [-0.1, -0.05) is 18.2 Å². The molecule has 0 radical (unpaired) electrons. The summed E-state index contributed by atoms with van der Waals surface area (Å²) in [6.45, 7) is 1.46. The van der Waals surface area contributed by atoms with Gasteiger partial charge in [-0.25, -0.2) is 4.79 Å². The molecule has 1 saturated heterocycles. The number of para-hydroxylation sites is 1. The van der Waals surface area contributed by atoms with E-state index in [0.717, 1.165) is 13.1 Å². The molecule has 1 fully saturated rings. The number of anilines is 1. The van der Waals surface area contributed by atoms with Crippen LogP contribution in [0.3, 0.4) is 0 Å². The number of carbonyl (C=O) groups is 1. The summed E-state index contributed by atoms with van der Waals surface area (Å²) in [5, 5.41) is 0. The van der Waals surface area contributed by atoms with Gasteiger partial charge in [-0.05, 0) is 24.3 Å². The van der Waals surface area contributed by atoms with Crippen LogP contribution < -0.4 is 9.64 Å².